The van der Waals surface area contributed by atoms with E-state index in [1.165, 1.54) is 25.3 Å². The molecule has 152 valence electrons. The first-order chi connectivity index (χ1) is 13.2. The molecule has 0 saturated carbocycles. The second kappa shape index (κ2) is 9.22. The van der Waals surface area contributed by atoms with Crippen LogP contribution in [0.4, 0.5) is 29.5 Å². The number of urea groups is 1. The van der Waals surface area contributed by atoms with Crippen LogP contribution in [0.25, 0.3) is 0 Å². The molecule has 1 heterocycles. The van der Waals surface area contributed by atoms with Crippen molar-refractivity contribution in [1.29, 1.82) is 0 Å². The average Bonchev–Trinajstić information content (AvgIpc) is 3.02. The number of carbonyl (C=O) groups is 2. The standard InChI is InChI=1S/C17H19F3N4O4/c1-11-9-14(23-28-11)22-15(25)10-24(7-8-27-2)16(26)21-13-6-4-3-5-12(13)17(18,19)20/h3-6,9H,7-8,10H2,1-2H3,(H,21,26)(H,22,23,25). The Kier molecular flexibility index (Phi) is 6.99. The van der Waals surface area contributed by atoms with E-state index in [2.05, 4.69) is 15.8 Å². The third-order valence-corrected chi connectivity index (χ3v) is 3.56. The Morgan fingerprint density at radius 3 is 2.57 bits per heavy atom. The van der Waals surface area contributed by atoms with Crippen molar-refractivity contribution in [2.24, 2.45) is 0 Å². The zero-order chi connectivity index (χ0) is 20.7. The minimum absolute atomic E-state index is 0.0121. The Morgan fingerprint density at radius 1 is 1.25 bits per heavy atom. The number of amides is 3. The first-order valence-corrected chi connectivity index (χ1v) is 8.15. The highest BCUT2D eigenvalue weighted by molar-refractivity contribution is 5.96. The maximum absolute atomic E-state index is 13.1. The average molecular weight is 400 g/mol. The Morgan fingerprint density at radius 2 is 1.96 bits per heavy atom. The van der Waals surface area contributed by atoms with Crippen molar-refractivity contribution in [3.8, 4) is 0 Å². The normalized spacial score (nSPS) is 11.2. The fraction of sp³-hybridized carbons (Fsp3) is 0.353. The molecule has 0 aliphatic carbocycles. The van der Waals surface area contributed by atoms with Crippen molar-refractivity contribution < 1.29 is 32.0 Å². The minimum atomic E-state index is -4.64. The fourth-order valence-electron chi connectivity index (χ4n) is 2.27. The number of benzene rings is 1. The number of rotatable bonds is 7. The lowest BCUT2D eigenvalue weighted by molar-refractivity contribution is -0.137. The minimum Gasteiger partial charge on any atom is -0.383 e. The zero-order valence-electron chi connectivity index (χ0n) is 15.2. The van der Waals surface area contributed by atoms with Crippen molar-refractivity contribution >= 4 is 23.4 Å². The van der Waals surface area contributed by atoms with E-state index in [0.29, 0.717) is 5.76 Å². The van der Waals surface area contributed by atoms with Crippen LogP contribution in [-0.4, -0.2) is 48.8 Å². The van der Waals surface area contributed by atoms with Crippen LogP contribution in [0, 0.1) is 6.92 Å². The van der Waals surface area contributed by atoms with E-state index >= 15 is 0 Å². The number of hydrogen-bond acceptors (Lipinski definition) is 5. The number of aryl methyl sites for hydroxylation is 1. The quantitative estimate of drug-likeness (QED) is 0.744. The van der Waals surface area contributed by atoms with Crippen LogP contribution in [0.2, 0.25) is 0 Å². The van der Waals surface area contributed by atoms with Crippen LogP contribution in [0.1, 0.15) is 11.3 Å². The van der Waals surface area contributed by atoms with Crippen molar-refractivity contribution in [2.45, 2.75) is 13.1 Å². The molecule has 0 bridgehead atoms. The molecule has 11 heteroatoms. The lowest BCUT2D eigenvalue weighted by Crippen LogP contribution is -2.42. The maximum atomic E-state index is 13.1. The van der Waals surface area contributed by atoms with Gasteiger partial charge in [0.05, 0.1) is 17.9 Å². The molecule has 3 amide bonds. The summed E-state index contributed by atoms with van der Waals surface area (Å²) in [6.07, 6.45) is -4.64. The van der Waals surface area contributed by atoms with E-state index in [-0.39, 0.29) is 19.0 Å². The van der Waals surface area contributed by atoms with E-state index in [1.54, 1.807) is 6.92 Å². The molecule has 8 nitrogen and oxygen atoms in total. The van der Waals surface area contributed by atoms with Gasteiger partial charge in [-0.15, -0.1) is 0 Å². The zero-order valence-corrected chi connectivity index (χ0v) is 15.2. The van der Waals surface area contributed by atoms with Crippen molar-refractivity contribution in [2.75, 3.05) is 37.4 Å². The van der Waals surface area contributed by atoms with Crippen molar-refractivity contribution in [3.05, 3.63) is 41.7 Å². The van der Waals surface area contributed by atoms with Crippen LogP contribution in [0.15, 0.2) is 34.9 Å². The summed E-state index contributed by atoms with van der Waals surface area (Å²) in [6.45, 7) is 1.29. The van der Waals surface area contributed by atoms with Crippen LogP contribution in [-0.2, 0) is 15.7 Å². The number of aromatic nitrogens is 1. The number of alkyl halides is 3. The van der Waals surface area contributed by atoms with Gasteiger partial charge in [-0.05, 0) is 19.1 Å². The lowest BCUT2D eigenvalue weighted by atomic mass is 10.1. The molecule has 0 aliphatic heterocycles. The largest absolute Gasteiger partial charge is 0.418 e. The van der Waals surface area contributed by atoms with Crippen molar-refractivity contribution in [3.63, 3.8) is 0 Å². The maximum Gasteiger partial charge on any atom is 0.418 e. The number of nitrogens with one attached hydrogen (secondary N) is 2. The summed E-state index contributed by atoms with van der Waals surface area (Å²) in [5.74, 6) is 0.0497. The van der Waals surface area contributed by atoms with Gasteiger partial charge in [-0.25, -0.2) is 4.79 Å². The van der Waals surface area contributed by atoms with E-state index in [4.69, 9.17) is 9.26 Å². The highest BCUT2D eigenvalue weighted by Gasteiger charge is 2.34. The van der Waals surface area contributed by atoms with Gasteiger partial charge in [0.25, 0.3) is 0 Å². The highest BCUT2D eigenvalue weighted by Crippen LogP contribution is 2.34. The predicted molar refractivity (Wildman–Crippen MR) is 93.8 cm³/mol. The topological polar surface area (TPSA) is 96.7 Å². The molecule has 1 aromatic carbocycles. The molecule has 2 rings (SSSR count). The van der Waals surface area contributed by atoms with Gasteiger partial charge in [-0.1, -0.05) is 17.3 Å². The van der Waals surface area contributed by atoms with Crippen LogP contribution in [0.5, 0.6) is 0 Å². The summed E-state index contributed by atoms with van der Waals surface area (Å²) in [5.41, 5.74) is -1.40. The molecule has 0 atom stereocenters. The molecule has 0 aliphatic rings. The highest BCUT2D eigenvalue weighted by atomic mass is 19.4. The molecule has 0 spiro atoms. The Hall–Kier alpha value is -3.08. The van der Waals surface area contributed by atoms with Gasteiger partial charge in [0.1, 0.15) is 12.3 Å². The monoisotopic (exact) mass is 400 g/mol. The van der Waals surface area contributed by atoms with E-state index in [9.17, 15) is 22.8 Å². The molecule has 0 fully saturated rings. The van der Waals surface area contributed by atoms with E-state index in [1.807, 2.05) is 0 Å². The van der Waals surface area contributed by atoms with Gasteiger partial charge in [0, 0.05) is 19.7 Å². The summed E-state index contributed by atoms with van der Waals surface area (Å²) >= 11 is 0. The molecule has 0 saturated heterocycles. The predicted octanol–water partition coefficient (Wildman–Crippen LogP) is 3.12. The third-order valence-electron chi connectivity index (χ3n) is 3.56. The van der Waals surface area contributed by atoms with Gasteiger partial charge in [-0.2, -0.15) is 13.2 Å². The summed E-state index contributed by atoms with van der Waals surface area (Å²) in [5, 5.41) is 8.24. The van der Waals surface area contributed by atoms with Gasteiger partial charge < -0.3 is 24.8 Å². The van der Waals surface area contributed by atoms with Gasteiger partial charge >= 0.3 is 12.2 Å². The number of hydrogen-bond donors (Lipinski definition) is 2. The summed E-state index contributed by atoms with van der Waals surface area (Å²) in [4.78, 5) is 25.6. The molecule has 1 aromatic heterocycles. The Bertz CT molecular complexity index is 823. The lowest BCUT2D eigenvalue weighted by Gasteiger charge is -2.23. The van der Waals surface area contributed by atoms with Crippen molar-refractivity contribution in [1.82, 2.24) is 10.1 Å². The van der Waals surface area contributed by atoms with Gasteiger partial charge in [0.2, 0.25) is 5.91 Å². The van der Waals surface area contributed by atoms with Gasteiger partial charge in [-0.3, -0.25) is 4.79 Å². The Labute approximate surface area is 158 Å². The van der Waals surface area contributed by atoms with Crippen LogP contribution in [0.3, 0.4) is 0 Å². The number of halogens is 3. The Balaban J connectivity index is 2.09. The van der Waals surface area contributed by atoms with Crippen LogP contribution < -0.4 is 10.6 Å². The fourth-order valence-corrected chi connectivity index (χ4v) is 2.27. The summed E-state index contributed by atoms with van der Waals surface area (Å²) < 4.78 is 49.0. The number of anilines is 2. The third kappa shape index (κ3) is 5.98. The molecule has 0 radical (unpaired) electrons. The number of ether oxygens (including phenoxy) is 1. The second-order valence-electron chi connectivity index (χ2n) is 5.76. The smallest absolute Gasteiger partial charge is 0.383 e. The van der Waals surface area contributed by atoms with Gasteiger partial charge in [0.15, 0.2) is 5.82 Å². The molecular weight excluding hydrogens is 381 g/mol. The number of nitrogens with zero attached hydrogens (tertiary/aromatic N) is 2. The SMILES string of the molecule is COCCN(CC(=O)Nc1cc(C)on1)C(=O)Nc1ccccc1C(F)(F)F. The van der Waals surface area contributed by atoms with E-state index in [0.717, 1.165) is 17.0 Å². The molecule has 2 aromatic rings. The van der Waals surface area contributed by atoms with Crippen LogP contribution >= 0.6 is 0 Å². The first kappa shape index (κ1) is 21.2. The first-order valence-electron chi connectivity index (χ1n) is 8.15. The number of carbonyl (C=O) groups excluding carboxylic acids is 2. The van der Waals surface area contributed by atoms with E-state index < -0.39 is 35.9 Å². The number of methoxy groups -OCH3 is 1. The second-order valence-corrected chi connectivity index (χ2v) is 5.76. The summed E-state index contributed by atoms with van der Waals surface area (Å²) in [7, 11) is 1.40. The molecule has 28 heavy (non-hydrogen) atoms. The molecule has 2 N–H and O–H groups in total. The molecular formula is C17H19F3N4O4. The summed E-state index contributed by atoms with van der Waals surface area (Å²) in [6, 6.07) is 5.18. The molecule has 0 unspecified atom stereocenters. The number of para-hydroxylation sites is 1.